The van der Waals surface area contributed by atoms with Gasteiger partial charge in [-0.2, -0.15) is 0 Å². The van der Waals surface area contributed by atoms with Gasteiger partial charge in [0.25, 0.3) is 5.91 Å². The second-order valence-electron chi connectivity index (χ2n) is 6.93. The number of carbonyl (C=O) groups is 2. The standard InChI is InChI=1S/C13H13N3O.C7H16BNO3.C2H6/c17-13(12-10-14-8-9-15-12)16-7-6-11-4-2-1-3-5-11;1-5(2)4-7(8(11)12)9-6(3)10;1-2/h1-5,8-10H,6-7H2,(H,16,17);5,7,11-12H,4H2,1-3H3,(H,9,10);1-2H3/t;7-;/m.0./s1. The van der Waals surface area contributed by atoms with Gasteiger partial charge in [-0.3, -0.25) is 14.6 Å². The zero-order valence-electron chi connectivity index (χ0n) is 19.1. The van der Waals surface area contributed by atoms with Crippen molar-refractivity contribution >= 4 is 18.9 Å². The minimum atomic E-state index is -1.48. The highest BCUT2D eigenvalue weighted by Gasteiger charge is 2.24. The molecular weight excluding hydrogens is 395 g/mol. The Morgan fingerprint density at radius 2 is 1.74 bits per heavy atom. The summed E-state index contributed by atoms with van der Waals surface area (Å²) in [6.45, 7) is 9.86. The van der Waals surface area contributed by atoms with Crippen molar-refractivity contribution in [2.75, 3.05) is 6.54 Å². The minimum Gasteiger partial charge on any atom is -0.426 e. The van der Waals surface area contributed by atoms with Gasteiger partial charge in [0.1, 0.15) is 5.69 Å². The fraction of sp³-hybridized carbons (Fsp3) is 0.455. The number of hydrogen-bond acceptors (Lipinski definition) is 6. The minimum absolute atomic E-state index is 0.186. The van der Waals surface area contributed by atoms with E-state index in [9.17, 15) is 9.59 Å². The number of aromatic nitrogens is 2. The summed E-state index contributed by atoms with van der Waals surface area (Å²) in [5.41, 5.74) is 1.55. The molecule has 0 aliphatic carbocycles. The van der Waals surface area contributed by atoms with Crippen LogP contribution in [0, 0.1) is 5.92 Å². The normalized spacial score (nSPS) is 10.6. The van der Waals surface area contributed by atoms with E-state index in [1.165, 1.54) is 24.9 Å². The lowest BCUT2D eigenvalue weighted by Crippen LogP contribution is -2.46. The molecule has 0 saturated carbocycles. The lowest BCUT2D eigenvalue weighted by Gasteiger charge is -2.18. The molecular formula is C22H35BN4O4. The quantitative estimate of drug-likeness (QED) is 0.475. The molecule has 1 aromatic heterocycles. The Labute approximate surface area is 185 Å². The largest absolute Gasteiger partial charge is 0.475 e. The molecule has 0 radical (unpaired) electrons. The fourth-order valence-electron chi connectivity index (χ4n) is 2.50. The molecule has 1 atom stereocenters. The topological polar surface area (TPSA) is 124 Å². The monoisotopic (exact) mass is 430 g/mol. The maximum Gasteiger partial charge on any atom is 0.475 e. The van der Waals surface area contributed by atoms with Crippen LogP contribution in [0.4, 0.5) is 0 Å². The van der Waals surface area contributed by atoms with Crippen LogP contribution in [0.1, 0.15) is 57.1 Å². The third kappa shape index (κ3) is 14.0. The van der Waals surface area contributed by atoms with Crippen LogP contribution in [0.3, 0.4) is 0 Å². The predicted molar refractivity (Wildman–Crippen MR) is 123 cm³/mol. The van der Waals surface area contributed by atoms with Crippen LogP contribution in [-0.2, 0) is 11.2 Å². The molecule has 1 heterocycles. The summed E-state index contributed by atoms with van der Waals surface area (Å²) in [6, 6.07) is 10.0. The van der Waals surface area contributed by atoms with Crippen molar-refractivity contribution < 1.29 is 19.6 Å². The van der Waals surface area contributed by atoms with Gasteiger partial charge in [-0.25, -0.2) is 4.98 Å². The molecule has 9 heteroatoms. The van der Waals surface area contributed by atoms with E-state index >= 15 is 0 Å². The van der Waals surface area contributed by atoms with Crippen molar-refractivity contribution in [2.45, 2.75) is 53.4 Å². The Bertz CT molecular complexity index is 731. The van der Waals surface area contributed by atoms with E-state index in [2.05, 4.69) is 20.6 Å². The van der Waals surface area contributed by atoms with Gasteiger partial charge in [-0.15, -0.1) is 0 Å². The molecule has 0 fully saturated rings. The zero-order chi connectivity index (χ0) is 23.6. The first-order valence-corrected chi connectivity index (χ1v) is 10.5. The first-order valence-electron chi connectivity index (χ1n) is 10.5. The van der Waals surface area contributed by atoms with Crippen molar-refractivity contribution in [3.8, 4) is 0 Å². The molecule has 8 nitrogen and oxygen atoms in total. The predicted octanol–water partition coefficient (Wildman–Crippen LogP) is 2.02. The summed E-state index contributed by atoms with van der Waals surface area (Å²) in [6.07, 6.45) is 5.88. The summed E-state index contributed by atoms with van der Waals surface area (Å²) in [7, 11) is -1.48. The second-order valence-corrected chi connectivity index (χ2v) is 6.93. The summed E-state index contributed by atoms with van der Waals surface area (Å²) in [4.78, 5) is 30.0. The summed E-state index contributed by atoms with van der Waals surface area (Å²) < 4.78 is 0. The summed E-state index contributed by atoms with van der Waals surface area (Å²) in [5, 5.41) is 23.0. The molecule has 1 aromatic carbocycles. The Kier molecular flexibility index (Phi) is 15.4. The average molecular weight is 430 g/mol. The van der Waals surface area contributed by atoms with E-state index in [1.54, 1.807) is 6.20 Å². The van der Waals surface area contributed by atoms with Gasteiger partial charge in [0, 0.05) is 25.9 Å². The van der Waals surface area contributed by atoms with E-state index in [1.807, 2.05) is 58.0 Å². The third-order valence-corrected chi connectivity index (χ3v) is 3.81. The van der Waals surface area contributed by atoms with Gasteiger partial charge in [-0.1, -0.05) is 58.0 Å². The number of nitrogens with one attached hydrogen (secondary N) is 2. The molecule has 0 unspecified atom stereocenters. The molecule has 4 N–H and O–H groups in total. The first kappa shape index (κ1) is 28.2. The number of carbonyl (C=O) groups excluding carboxylic acids is 2. The molecule has 170 valence electrons. The second kappa shape index (κ2) is 17.0. The van der Waals surface area contributed by atoms with E-state index in [-0.39, 0.29) is 11.8 Å². The highest BCUT2D eigenvalue weighted by atomic mass is 16.4. The van der Waals surface area contributed by atoms with Gasteiger partial charge < -0.3 is 20.7 Å². The Balaban J connectivity index is 0.000000570. The van der Waals surface area contributed by atoms with Crippen LogP contribution in [0.5, 0.6) is 0 Å². The van der Waals surface area contributed by atoms with Crippen LogP contribution in [-0.4, -0.2) is 51.4 Å². The first-order chi connectivity index (χ1) is 14.8. The molecule has 0 aliphatic rings. The van der Waals surface area contributed by atoms with Gasteiger partial charge in [-0.05, 0) is 24.3 Å². The lowest BCUT2D eigenvalue weighted by molar-refractivity contribution is -0.119. The van der Waals surface area contributed by atoms with E-state index in [0.717, 1.165) is 6.42 Å². The number of rotatable bonds is 8. The number of amides is 2. The fourth-order valence-corrected chi connectivity index (χ4v) is 2.50. The summed E-state index contributed by atoms with van der Waals surface area (Å²) >= 11 is 0. The molecule has 31 heavy (non-hydrogen) atoms. The van der Waals surface area contributed by atoms with E-state index < -0.39 is 13.1 Å². The van der Waals surface area contributed by atoms with Crippen molar-refractivity contribution in [2.24, 2.45) is 5.92 Å². The van der Waals surface area contributed by atoms with Gasteiger partial charge in [0.05, 0.1) is 12.1 Å². The Morgan fingerprint density at radius 3 is 2.23 bits per heavy atom. The molecule has 2 aromatic rings. The Hall–Kier alpha value is -2.78. The van der Waals surface area contributed by atoms with Crippen LogP contribution < -0.4 is 10.6 Å². The molecule has 2 amide bonds. The van der Waals surface area contributed by atoms with Gasteiger partial charge in [0.15, 0.2) is 0 Å². The SMILES string of the molecule is CC.CC(=O)N[C@@H](CC(C)C)B(O)O.O=C(NCCc1ccccc1)c1cnccn1. The number of nitrogens with zero attached hydrogens (tertiary/aromatic N) is 2. The van der Waals surface area contributed by atoms with Crippen molar-refractivity contribution in [1.82, 2.24) is 20.6 Å². The number of benzene rings is 1. The zero-order valence-corrected chi connectivity index (χ0v) is 19.1. The third-order valence-electron chi connectivity index (χ3n) is 3.81. The molecule has 2 rings (SSSR count). The van der Waals surface area contributed by atoms with Gasteiger partial charge in [0.2, 0.25) is 5.91 Å². The molecule has 0 bridgehead atoms. The van der Waals surface area contributed by atoms with Crippen molar-refractivity contribution in [3.05, 3.63) is 60.2 Å². The lowest BCUT2D eigenvalue weighted by atomic mass is 9.75. The Morgan fingerprint density at radius 1 is 1.10 bits per heavy atom. The highest BCUT2D eigenvalue weighted by Crippen LogP contribution is 2.05. The van der Waals surface area contributed by atoms with Crippen molar-refractivity contribution in [3.63, 3.8) is 0 Å². The average Bonchev–Trinajstić information content (AvgIpc) is 2.76. The van der Waals surface area contributed by atoms with Crippen LogP contribution in [0.2, 0.25) is 0 Å². The smallest absolute Gasteiger partial charge is 0.426 e. The maximum absolute atomic E-state index is 11.6. The molecule has 0 spiro atoms. The molecule has 0 aliphatic heterocycles. The van der Waals surface area contributed by atoms with Crippen LogP contribution >= 0.6 is 0 Å². The van der Waals surface area contributed by atoms with Crippen molar-refractivity contribution in [1.29, 1.82) is 0 Å². The highest BCUT2D eigenvalue weighted by molar-refractivity contribution is 6.43. The van der Waals surface area contributed by atoms with Gasteiger partial charge >= 0.3 is 7.12 Å². The van der Waals surface area contributed by atoms with E-state index in [0.29, 0.717) is 24.6 Å². The summed E-state index contributed by atoms with van der Waals surface area (Å²) in [5.74, 6) is -0.658. The number of hydrogen-bond donors (Lipinski definition) is 4. The van der Waals surface area contributed by atoms with Crippen LogP contribution in [0.25, 0.3) is 0 Å². The van der Waals surface area contributed by atoms with Crippen LogP contribution in [0.15, 0.2) is 48.9 Å². The molecule has 0 saturated heterocycles. The maximum atomic E-state index is 11.6. The van der Waals surface area contributed by atoms with E-state index in [4.69, 9.17) is 10.0 Å².